The van der Waals surface area contributed by atoms with Gasteiger partial charge in [0, 0.05) is 17.3 Å². The first kappa shape index (κ1) is 16.5. The normalized spacial score (nSPS) is 14.7. The van der Waals surface area contributed by atoms with E-state index in [0.717, 1.165) is 12.8 Å². The summed E-state index contributed by atoms with van der Waals surface area (Å²) in [6, 6.07) is 6.91. The van der Waals surface area contributed by atoms with E-state index in [-0.39, 0.29) is 5.75 Å². The molecule has 1 aromatic heterocycles. The lowest BCUT2D eigenvalue weighted by atomic mass is 9.98. The second-order valence-corrected chi connectivity index (χ2v) is 8.07. The van der Waals surface area contributed by atoms with E-state index in [1.165, 1.54) is 24.1 Å². The van der Waals surface area contributed by atoms with E-state index in [4.69, 9.17) is 11.6 Å². The van der Waals surface area contributed by atoms with Crippen molar-refractivity contribution in [2.75, 3.05) is 6.54 Å². The number of aromatic nitrogens is 2. The summed E-state index contributed by atoms with van der Waals surface area (Å²) in [5.41, 5.74) is 3.24. The Morgan fingerprint density at radius 3 is 2.91 bits per heavy atom. The van der Waals surface area contributed by atoms with Gasteiger partial charge in [-0.3, -0.25) is 4.68 Å². The van der Waals surface area contributed by atoms with Crippen LogP contribution in [0.15, 0.2) is 30.5 Å². The zero-order chi connectivity index (χ0) is 16.3. The van der Waals surface area contributed by atoms with E-state index in [2.05, 4.69) is 9.82 Å². The molecular formula is C16H20ClN3O2S. The molecule has 23 heavy (non-hydrogen) atoms. The molecule has 124 valence electrons. The van der Waals surface area contributed by atoms with Gasteiger partial charge in [-0.05, 0) is 48.9 Å². The minimum Gasteiger partial charge on any atom is -0.268 e. The van der Waals surface area contributed by atoms with Crippen molar-refractivity contribution >= 4 is 21.6 Å². The summed E-state index contributed by atoms with van der Waals surface area (Å²) in [5.74, 6) is -0.0647. The van der Waals surface area contributed by atoms with Gasteiger partial charge < -0.3 is 0 Å². The molecule has 1 aliphatic rings. The topological polar surface area (TPSA) is 64.0 Å². The summed E-state index contributed by atoms with van der Waals surface area (Å²) < 4.78 is 28.9. The Bertz CT molecular complexity index is 786. The van der Waals surface area contributed by atoms with E-state index >= 15 is 0 Å². The quantitative estimate of drug-likeness (QED) is 0.868. The van der Waals surface area contributed by atoms with Crippen LogP contribution in [0.3, 0.4) is 0 Å². The van der Waals surface area contributed by atoms with Gasteiger partial charge in [-0.15, -0.1) is 0 Å². The minimum atomic E-state index is -3.38. The van der Waals surface area contributed by atoms with E-state index in [1.54, 1.807) is 24.3 Å². The van der Waals surface area contributed by atoms with Gasteiger partial charge in [0.2, 0.25) is 10.0 Å². The molecule has 0 saturated carbocycles. The van der Waals surface area contributed by atoms with Crippen molar-refractivity contribution in [2.45, 2.75) is 38.0 Å². The lowest BCUT2D eigenvalue weighted by Gasteiger charge is -2.14. The Morgan fingerprint density at radius 2 is 2.09 bits per heavy atom. The highest BCUT2D eigenvalue weighted by Crippen LogP contribution is 2.20. The van der Waals surface area contributed by atoms with E-state index < -0.39 is 10.0 Å². The summed E-state index contributed by atoms with van der Waals surface area (Å²) in [5, 5.41) is 4.92. The predicted octanol–water partition coefficient (Wildman–Crippen LogP) is 2.53. The molecule has 0 aliphatic heterocycles. The third-order valence-corrected chi connectivity index (χ3v) is 5.63. The van der Waals surface area contributed by atoms with Crippen LogP contribution in [0, 0.1) is 0 Å². The second-order valence-electron chi connectivity index (χ2n) is 5.83. The maximum absolute atomic E-state index is 12.1. The fourth-order valence-electron chi connectivity index (χ4n) is 2.95. The monoisotopic (exact) mass is 353 g/mol. The molecule has 7 heteroatoms. The number of nitrogens with zero attached hydrogens (tertiary/aromatic N) is 2. The van der Waals surface area contributed by atoms with Crippen molar-refractivity contribution in [3.63, 3.8) is 0 Å². The highest BCUT2D eigenvalue weighted by Gasteiger charge is 2.16. The molecule has 0 atom stereocenters. The van der Waals surface area contributed by atoms with Gasteiger partial charge in [-0.2, -0.15) is 5.10 Å². The summed E-state index contributed by atoms with van der Waals surface area (Å²) in [4.78, 5) is 0. The molecule has 0 radical (unpaired) electrons. The van der Waals surface area contributed by atoms with Crippen LogP contribution in [0.25, 0.3) is 0 Å². The third-order valence-electron chi connectivity index (χ3n) is 4.04. The van der Waals surface area contributed by atoms with Crippen LogP contribution in [0.2, 0.25) is 5.02 Å². The lowest BCUT2D eigenvalue weighted by Crippen LogP contribution is -2.29. The van der Waals surface area contributed by atoms with Crippen molar-refractivity contribution in [3.05, 3.63) is 52.3 Å². The first-order valence-corrected chi connectivity index (χ1v) is 9.82. The Balaban J connectivity index is 1.56. The Kier molecular flexibility index (Phi) is 5.04. The average molecular weight is 354 g/mol. The molecule has 1 N–H and O–H groups in total. The number of aryl methyl sites for hydroxylation is 1. The van der Waals surface area contributed by atoms with Gasteiger partial charge in [0.25, 0.3) is 0 Å². The third kappa shape index (κ3) is 4.34. The maximum atomic E-state index is 12.1. The molecular weight excluding hydrogens is 334 g/mol. The second kappa shape index (κ2) is 7.03. The number of hydrogen-bond acceptors (Lipinski definition) is 3. The SMILES string of the molecule is O=S(=O)(Cc1cccc(Cl)c1)NCCn1ncc2c1CCCC2. The van der Waals surface area contributed by atoms with Gasteiger partial charge in [0.15, 0.2) is 0 Å². The van der Waals surface area contributed by atoms with Gasteiger partial charge in [-0.25, -0.2) is 13.1 Å². The number of halogens is 1. The van der Waals surface area contributed by atoms with Crippen LogP contribution in [0.4, 0.5) is 0 Å². The fraction of sp³-hybridized carbons (Fsp3) is 0.438. The van der Waals surface area contributed by atoms with E-state index in [9.17, 15) is 8.42 Å². The summed E-state index contributed by atoms with van der Waals surface area (Å²) >= 11 is 5.89. The standard InChI is InChI=1S/C16H20ClN3O2S/c17-15-6-3-4-13(10-15)12-23(21,22)19-8-9-20-16-7-2-1-5-14(16)11-18-20/h3-4,6,10-11,19H,1-2,5,7-9,12H2. The molecule has 3 rings (SSSR count). The number of fused-ring (bicyclic) bond motifs is 1. The molecule has 0 amide bonds. The number of benzene rings is 1. The van der Waals surface area contributed by atoms with Crippen molar-refractivity contribution in [1.82, 2.24) is 14.5 Å². The zero-order valence-corrected chi connectivity index (χ0v) is 14.4. The van der Waals surface area contributed by atoms with Crippen LogP contribution in [-0.2, 0) is 35.2 Å². The molecule has 2 aromatic rings. The highest BCUT2D eigenvalue weighted by atomic mass is 35.5. The Morgan fingerprint density at radius 1 is 1.26 bits per heavy atom. The van der Waals surface area contributed by atoms with E-state index in [1.807, 2.05) is 10.9 Å². The molecule has 0 unspecified atom stereocenters. The molecule has 5 nitrogen and oxygen atoms in total. The highest BCUT2D eigenvalue weighted by molar-refractivity contribution is 7.88. The van der Waals surface area contributed by atoms with Crippen molar-refractivity contribution < 1.29 is 8.42 Å². The molecule has 0 fully saturated rings. The number of rotatable bonds is 6. The Labute approximate surface area is 141 Å². The summed E-state index contributed by atoms with van der Waals surface area (Å²) in [7, 11) is -3.38. The van der Waals surface area contributed by atoms with Gasteiger partial charge >= 0.3 is 0 Å². The Hall–Kier alpha value is -1.37. The van der Waals surface area contributed by atoms with Gasteiger partial charge in [0.1, 0.15) is 0 Å². The van der Waals surface area contributed by atoms with Crippen LogP contribution in [0.5, 0.6) is 0 Å². The minimum absolute atomic E-state index is 0.0647. The van der Waals surface area contributed by atoms with Crippen molar-refractivity contribution in [3.8, 4) is 0 Å². The first-order valence-electron chi connectivity index (χ1n) is 7.79. The van der Waals surface area contributed by atoms with Gasteiger partial charge in [-0.1, -0.05) is 23.7 Å². The fourth-order valence-corrected chi connectivity index (χ4v) is 4.29. The first-order chi connectivity index (χ1) is 11.0. The van der Waals surface area contributed by atoms with Crippen LogP contribution < -0.4 is 4.72 Å². The molecule has 1 heterocycles. The summed E-state index contributed by atoms with van der Waals surface area (Å²) in [6.07, 6.45) is 6.42. The van der Waals surface area contributed by atoms with Crippen LogP contribution >= 0.6 is 11.6 Å². The van der Waals surface area contributed by atoms with E-state index in [0.29, 0.717) is 23.7 Å². The predicted molar refractivity (Wildman–Crippen MR) is 90.9 cm³/mol. The molecule has 0 bridgehead atoms. The molecule has 0 spiro atoms. The maximum Gasteiger partial charge on any atom is 0.215 e. The van der Waals surface area contributed by atoms with Crippen molar-refractivity contribution in [1.29, 1.82) is 0 Å². The smallest absolute Gasteiger partial charge is 0.215 e. The lowest BCUT2D eigenvalue weighted by molar-refractivity contribution is 0.538. The average Bonchev–Trinajstić information content (AvgIpc) is 2.90. The largest absolute Gasteiger partial charge is 0.268 e. The number of hydrogen-bond donors (Lipinski definition) is 1. The molecule has 1 aliphatic carbocycles. The van der Waals surface area contributed by atoms with Gasteiger partial charge in [0.05, 0.1) is 18.5 Å². The molecule has 1 aromatic carbocycles. The van der Waals surface area contributed by atoms with Crippen LogP contribution in [-0.4, -0.2) is 24.7 Å². The zero-order valence-electron chi connectivity index (χ0n) is 12.8. The molecule has 0 saturated heterocycles. The van der Waals surface area contributed by atoms with Crippen molar-refractivity contribution in [2.24, 2.45) is 0 Å². The summed E-state index contributed by atoms with van der Waals surface area (Å²) in [6.45, 7) is 0.904. The van der Waals surface area contributed by atoms with Crippen LogP contribution in [0.1, 0.15) is 29.7 Å². The number of sulfonamides is 1. The number of nitrogens with one attached hydrogen (secondary N) is 1.